The van der Waals surface area contributed by atoms with Crippen LogP contribution in [0.5, 0.6) is 23.0 Å². The first kappa shape index (κ1) is 21.6. The van der Waals surface area contributed by atoms with Crippen molar-refractivity contribution in [2.24, 2.45) is 0 Å². The minimum absolute atomic E-state index is 0.0307. The molecular weight excluding hydrogens is 500 g/mol. The van der Waals surface area contributed by atoms with Crippen LogP contribution in [-0.2, 0) is 0 Å². The summed E-state index contributed by atoms with van der Waals surface area (Å²) in [4.78, 5) is 2.56. The van der Waals surface area contributed by atoms with Gasteiger partial charge >= 0.3 is 6.85 Å². The lowest BCUT2D eigenvalue weighted by Gasteiger charge is -2.44. The predicted octanol–water partition coefficient (Wildman–Crippen LogP) is 5.32. The molecule has 3 nitrogen and oxygen atoms in total. The molecule has 0 atom stereocenters. The van der Waals surface area contributed by atoms with Crippen LogP contribution in [0.1, 0.15) is 0 Å². The molecule has 188 valence electrons. The van der Waals surface area contributed by atoms with E-state index in [1.165, 1.54) is 55.5 Å². The zero-order valence-corrected chi connectivity index (χ0v) is 22.0. The first-order chi connectivity index (χ1) is 20.3. The molecule has 0 N–H and O–H groups in total. The average molecular weight is 521 g/mol. The highest BCUT2D eigenvalue weighted by molar-refractivity contribution is 6.98. The molecule has 0 aromatic heterocycles. The van der Waals surface area contributed by atoms with Crippen LogP contribution < -0.4 is 41.6 Å². The summed E-state index contributed by atoms with van der Waals surface area (Å²) in [5.41, 5.74) is 13.6. The molecule has 41 heavy (non-hydrogen) atoms. The van der Waals surface area contributed by atoms with Gasteiger partial charge in [-0.15, -0.1) is 0 Å². The number of ether oxygens (including phenoxy) is 2. The van der Waals surface area contributed by atoms with Gasteiger partial charge in [0.25, 0.3) is 6.71 Å². The maximum absolute atomic E-state index is 6.68. The predicted molar refractivity (Wildman–Crippen MR) is 169 cm³/mol. The summed E-state index contributed by atoms with van der Waals surface area (Å²) in [6.45, 7) is 0.111. The van der Waals surface area contributed by atoms with Gasteiger partial charge in [0.2, 0.25) is 0 Å². The summed E-state index contributed by atoms with van der Waals surface area (Å²) < 4.78 is 13.1. The molecule has 0 unspecified atom stereocenters. The lowest BCUT2D eigenvalue weighted by atomic mass is 9.34. The second-order valence-electron chi connectivity index (χ2n) is 11.2. The number of hydrogen-bond donors (Lipinski definition) is 0. The number of anilines is 2. The molecule has 0 amide bonds. The van der Waals surface area contributed by atoms with E-state index in [-0.39, 0.29) is 13.6 Å². The molecule has 0 radical (unpaired) electrons. The molecule has 4 heterocycles. The maximum atomic E-state index is 6.68. The van der Waals surface area contributed by atoms with E-state index in [9.17, 15) is 0 Å². The standard InChI is InChI=1S/C36H21B2NO2/c1-4-13-26-22(10-1)24-12-3-7-16-30(24)39-31-21-29-35(20-25(31)23-11-2-5-14-27(23)38(26)39)41-34-19-9-18-33-36(34)37(29)28-15-6-8-17-32(28)40-33/h1-21H. The van der Waals surface area contributed by atoms with Crippen LogP contribution in [0.3, 0.4) is 0 Å². The molecule has 0 bridgehead atoms. The van der Waals surface area contributed by atoms with Gasteiger partial charge in [0.1, 0.15) is 23.0 Å². The fourth-order valence-corrected chi connectivity index (χ4v) is 7.55. The van der Waals surface area contributed by atoms with Gasteiger partial charge in [-0.1, -0.05) is 91.0 Å². The highest BCUT2D eigenvalue weighted by atomic mass is 16.5. The van der Waals surface area contributed by atoms with Crippen LogP contribution >= 0.6 is 0 Å². The minimum atomic E-state index is 0.0307. The largest absolute Gasteiger partial charge is 0.458 e. The van der Waals surface area contributed by atoms with E-state index < -0.39 is 0 Å². The zero-order valence-electron chi connectivity index (χ0n) is 22.0. The molecular formula is C36H21B2NO2. The fourth-order valence-electron chi connectivity index (χ4n) is 7.55. The maximum Gasteiger partial charge on any atom is 0.329 e. The number of fused-ring (bicyclic) bond motifs is 15. The summed E-state index contributed by atoms with van der Waals surface area (Å²) in [5, 5.41) is 0. The van der Waals surface area contributed by atoms with Crippen molar-refractivity contribution in [3.05, 3.63) is 127 Å². The Bertz CT molecular complexity index is 2100. The van der Waals surface area contributed by atoms with Crippen molar-refractivity contribution in [3.8, 4) is 45.3 Å². The number of para-hydroxylation sites is 2. The van der Waals surface area contributed by atoms with Gasteiger partial charge in [-0.05, 0) is 69.4 Å². The number of nitrogens with zero attached hydrogens (tertiary/aromatic N) is 1. The van der Waals surface area contributed by atoms with E-state index in [0.717, 1.165) is 28.5 Å². The van der Waals surface area contributed by atoms with Crippen LogP contribution in [0.25, 0.3) is 22.3 Å². The van der Waals surface area contributed by atoms with Crippen molar-refractivity contribution in [3.63, 3.8) is 0 Å². The first-order valence-corrected chi connectivity index (χ1v) is 14.2. The van der Waals surface area contributed by atoms with Gasteiger partial charge in [-0.25, -0.2) is 0 Å². The zero-order chi connectivity index (χ0) is 26.7. The van der Waals surface area contributed by atoms with Gasteiger partial charge < -0.3 is 14.3 Å². The van der Waals surface area contributed by atoms with E-state index in [0.29, 0.717) is 0 Å². The lowest BCUT2D eigenvalue weighted by Crippen LogP contribution is -2.61. The van der Waals surface area contributed by atoms with E-state index in [1.54, 1.807) is 0 Å². The van der Waals surface area contributed by atoms with Crippen LogP contribution in [0, 0.1) is 0 Å². The average Bonchev–Trinajstić information content (AvgIpc) is 3.03. The molecule has 5 heteroatoms. The van der Waals surface area contributed by atoms with Crippen molar-refractivity contribution >= 4 is 52.2 Å². The normalized spacial score (nSPS) is 14.1. The van der Waals surface area contributed by atoms with Crippen LogP contribution in [-0.4, -0.2) is 13.6 Å². The Morgan fingerprint density at radius 1 is 0.415 bits per heavy atom. The third kappa shape index (κ3) is 2.75. The summed E-state index contributed by atoms with van der Waals surface area (Å²) >= 11 is 0. The van der Waals surface area contributed by atoms with Crippen molar-refractivity contribution in [2.45, 2.75) is 0 Å². The molecule has 0 saturated heterocycles. The Morgan fingerprint density at radius 3 is 1.78 bits per heavy atom. The van der Waals surface area contributed by atoms with Crippen molar-refractivity contribution in [2.75, 3.05) is 4.81 Å². The smallest absolute Gasteiger partial charge is 0.329 e. The minimum Gasteiger partial charge on any atom is -0.458 e. The van der Waals surface area contributed by atoms with Gasteiger partial charge in [-0.3, -0.25) is 0 Å². The molecule has 0 spiro atoms. The lowest BCUT2D eigenvalue weighted by molar-refractivity contribution is 0.464. The number of rotatable bonds is 0. The molecule has 10 rings (SSSR count). The second kappa shape index (κ2) is 7.74. The first-order valence-electron chi connectivity index (χ1n) is 14.2. The SMILES string of the molecule is c1ccc2c(c1)Oc1cccc3c1B2c1cc2c(cc1O3)-c1ccccc1B1c3ccccc3-c3ccccc3N12. The Labute approximate surface area is 238 Å². The molecule has 4 aliphatic heterocycles. The fraction of sp³-hybridized carbons (Fsp3) is 0. The topological polar surface area (TPSA) is 21.7 Å². The van der Waals surface area contributed by atoms with Gasteiger partial charge in [0.05, 0.1) is 0 Å². The van der Waals surface area contributed by atoms with Crippen molar-refractivity contribution < 1.29 is 9.47 Å². The Hall–Kier alpha value is -5.15. The molecule has 0 fully saturated rings. The molecule has 0 saturated carbocycles. The van der Waals surface area contributed by atoms with Crippen LogP contribution in [0.15, 0.2) is 127 Å². The quantitative estimate of drug-likeness (QED) is 0.253. The van der Waals surface area contributed by atoms with E-state index in [2.05, 4.69) is 120 Å². The number of benzene rings is 6. The van der Waals surface area contributed by atoms with Crippen molar-refractivity contribution in [1.82, 2.24) is 0 Å². The molecule has 4 aliphatic rings. The van der Waals surface area contributed by atoms with E-state index in [4.69, 9.17) is 9.47 Å². The Balaban J connectivity index is 1.30. The summed E-state index contributed by atoms with van der Waals surface area (Å²) in [7, 11) is 0. The van der Waals surface area contributed by atoms with Crippen molar-refractivity contribution in [1.29, 1.82) is 0 Å². The van der Waals surface area contributed by atoms with Crippen LogP contribution in [0.2, 0.25) is 0 Å². The van der Waals surface area contributed by atoms with Gasteiger partial charge in [0, 0.05) is 28.0 Å². The van der Waals surface area contributed by atoms with Gasteiger partial charge in [0.15, 0.2) is 0 Å². The molecule has 6 aromatic rings. The summed E-state index contributed by atoms with van der Waals surface area (Å²) in [6, 6.07) is 45.8. The van der Waals surface area contributed by atoms with E-state index in [1.807, 2.05) is 12.1 Å². The third-order valence-corrected chi connectivity index (χ3v) is 9.20. The number of hydrogen-bond acceptors (Lipinski definition) is 3. The Morgan fingerprint density at radius 2 is 1.00 bits per heavy atom. The van der Waals surface area contributed by atoms with E-state index >= 15 is 0 Å². The highest BCUT2D eigenvalue weighted by Crippen LogP contribution is 2.47. The Kier molecular flexibility index (Phi) is 4.08. The van der Waals surface area contributed by atoms with Crippen LogP contribution in [0.4, 0.5) is 11.4 Å². The second-order valence-corrected chi connectivity index (χ2v) is 11.2. The molecule has 6 aromatic carbocycles. The van der Waals surface area contributed by atoms with Gasteiger partial charge in [-0.2, -0.15) is 0 Å². The third-order valence-electron chi connectivity index (χ3n) is 9.20. The summed E-state index contributed by atoms with van der Waals surface area (Å²) in [5.74, 6) is 3.56. The molecule has 0 aliphatic carbocycles. The summed E-state index contributed by atoms with van der Waals surface area (Å²) in [6.07, 6.45) is 0. The monoisotopic (exact) mass is 521 g/mol. The highest BCUT2D eigenvalue weighted by Gasteiger charge is 2.45.